The Morgan fingerprint density at radius 1 is 1.09 bits per heavy atom. The van der Waals surface area contributed by atoms with Crippen molar-refractivity contribution in [3.63, 3.8) is 0 Å². The minimum atomic E-state index is -4.80. The van der Waals surface area contributed by atoms with Crippen molar-refractivity contribution < 1.29 is 32.2 Å². The Bertz CT molecular complexity index is 1050. The van der Waals surface area contributed by atoms with Crippen LogP contribution in [0.1, 0.15) is 5.69 Å². The van der Waals surface area contributed by atoms with E-state index in [0.717, 1.165) is 6.20 Å². The van der Waals surface area contributed by atoms with Crippen molar-refractivity contribution in [3.8, 4) is 11.3 Å². The fourth-order valence-electron chi connectivity index (χ4n) is 3.85. The maximum Gasteiger partial charge on any atom is 0.434 e. The molecule has 2 atom stereocenters. The predicted molar refractivity (Wildman–Crippen MR) is 103 cm³/mol. The molecular formula is C18H18F3N7O4. The Labute approximate surface area is 179 Å². The molecule has 3 aliphatic heterocycles. The molecule has 11 nitrogen and oxygen atoms in total. The molecule has 0 unspecified atom stereocenters. The van der Waals surface area contributed by atoms with E-state index in [-0.39, 0.29) is 36.2 Å². The van der Waals surface area contributed by atoms with Crippen LogP contribution >= 0.6 is 0 Å². The summed E-state index contributed by atoms with van der Waals surface area (Å²) in [5, 5.41) is 0. The van der Waals surface area contributed by atoms with Gasteiger partial charge in [-0.2, -0.15) is 18.2 Å². The summed E-state index contributed by atoms with van der Waals surface area (Å²) < 4.78 is 57.1. The number of fused-ring (bicyclic) bond motifs is 1. The van der Waals surface area contributed by atoms with E-state index in [4.69, 9.17) is 19.9 Å². The average Bonchev–Trinajstić information content (AvgIpc) is 3.33. The fraction of sp³-hybridized carbons (Fsp3) is 0.500. The molecule has 2 N–H and O–H groups in total. The number of alkyl halides is 3. The number of morpholine rings is 1. The van der Waals surface area contributed by atoms with Crippen molar-refractivity contribution in [1.82, 2.24) is 19.9 Å². The van der Waals surface area contributed by atoms with Crippen molar-refractivity contribution in [1.29, 1.82) is 0 Å². The number of hydrogen-bond acceptors (Lipinski definition) is 10. The van der Waals surface area contributed by atoms with Gasteiger partial charge in [0.1, 0.15) is 11.9 Å². The third-order valence-corrected chi connectivity index (χ3v) is 5.37. The highest BCUT2D eigenvalue weighted by atomic mass is 19.4. The molecule has 0 spiro atoms. The molecule has 3 aliphatic rings. The Morgan fingerprint density at radius 3 is 2.62 bits per heavy atom. The molecule has 5 heterocycles. The first-order valence-electron chi connectivity index (χ1n) is 9.81. The van der Waals surface area contributed by atoms with Gasteiger partial charge in [0.15, 0.2) is 11.8 Å². The molecule has 170 valence electrons. The predicted octanol–water partition coefficient (Wildman–Crippen LogP) is 1.10. The van der Waals surface area contributed by atoms with Gasteiger partial charge >= 0.3 is 12.3 Å². The van der Waals surface area contributed by atoms with Crippen LogP contribution in [-0.2, 0) is 20.4 Å². The van der Waals surface area contributed by atoms with Gasteiger partial charge in [-0.05, 0) is 0 Å². The number of ether oxygens (including phenoxy) is 3. The summed E-state index contributed by atoms with van der Waals surface area (Å²) in [6, 6.07) is 0.850. The van der Waals surface area contributed by atoms with Gasteiger partial charge in [0.05, 0.1) is 32.1 Å². The second kappa shape index (κ2) is 7.70. The molecule has 0 aromatic carbocycles. The second-order valence-electron chi connectivity index (χ2n) is 7.40. The van der Waals surface area contributed by atoms with E-state index in [0.29, 0.717) is 26.3 Å². The lowest BCUT2D eigenvalue weighted by atomic mass is 10.1. The summed E-state index contributed by atoms with van der Waals surface area (Å²) in [5.74, 6) is -0.261. The van der Waals surface area contributed by atoms with Crippen LogP contribution in [0.5, 0.6) is 0 Å². The van der Waals surface area contributed by atoms with E-state index in [9.17, 15) is 18.0 Å². The lowest BCUT2D eigenvalue weighted by molar-refractivity contribution is -0.140. The van der Waals surface area contributed by atoms with Crippen LogP contribution in [0.4, 0.5) is 35.7 Å². The Hall–Kier alpha value is -3.26. The minimum Gasteiger partial charge on any atom is -0.441 e. The van der Waals surface area contributed by atoms with Gasteiger partial charge in [-0.25, -0.2) is 19.7 Å². The number of carbonyl (C=O) groups excluding carboxylic acids is 1. The maximum absolute atomic E-state index is 13.7. The van der Waals surface area contributed by atoms with Crippen molar-refractivity contribution in [2.24, 2.45) is 0 Å². The zero-order valence-corrected chi connectivity index (χ0v) is 16.6. The number of anilines is 3. The van der Waals surface area contributed by atoms with E-state index < -0.39 is 36.1 Å². The molecule has 1 amide bonds. The number of halogens is 3. The summed E-state index contributed by atoms with van der Waals surface area (Å²) in [7, 11) is 0. The molecule has 14 heteroatoms. The van der Waals surface area contributed by atoms with Gasteiger partial charge in [0.25, 0.3) is 0 Å². The average molecular weight is 453 g/mol. The summed E-state index contributed by atoms with van der Waals surface area (Å²) in [4.78, 5) is 31.5. The first-order chi connectivity index (χ1) is 15.3. The molecule has 3 fully saturated rings. The number of aromatic nitrogens is 4. The number of nitrogen functional groups attached to an aromatic ring is 1. The lowest BCUT2D eigenvalue weighted by Gasteiger charge is -2.28. The normalized spacial score (nSPS) is 23.4. The Balaban J connectivity index is 1.65. The number of carbonyl (C=O) groups is 1. The minimum absolute atomic E-state index is 0.0982. The molecule has 2 aromatic rings. The smallest absolute Gasteiger partial charge is 0.434 e. The second-order valence-corrected chi connectivity index (χ2v) is 7.40. The molecule has 2 aromatic heterocycles. The number of nitrogens with zero attached hydrogens (tertiary/aromatic N) is 6. The van der Waals surface area contributed by atoms with E-state index in [1.54, 1.807) is 4.90 Å². The van der Waals surface area contributed by atoms with Gasteiger partial charge < -0.3 is 24.8 Å². The van der Waals surface area contributed by atoms with Gasteiger partial charge in [-0.3, -0.25) is 4.90 Å². The van der Waals surface area contributed by atoms with E-state index in [2.05, 4.69) is 19.9 Å². The van der Waals surface area contributed by atoms with E-state index in [1.165, 1.54) is 11.0 Å². The zero-order chi connectivity index (χ0) is 22.5. The topological polar surface area (TPSA) is 129 Å². The first kappa shape index (κ1) is 20.6. The molecule has 32 heavy (non-hydrogen) atoms. The van der Waals surface area contributed by atoms with Gasteiger partial charge in [-0.1, -0.05) is 0 Å². The third-order valence-electron chi connectivity index (χ3n) is 5.37. The standard InChI is InChI=1S/C18H18F3N7O4/c19-18(20,21)14-9(6-23-15(22)26-14)10-5-13(25-16(24-10)27-1-3-30-4-2-27)28-11-7-31-8-12(11)32-17(28)29/h5-6,11-12H,1-4,7-8H2,(H2,22,23,26)/t11-,12+/m1/s1. The maximum atomic E-state index is 13.7. The van der Waals surface area contributed by atoms with Crippen LogP contribution in [0.3, 0.4) is 0 Å². The van der Waals surface area contributed by atoms with Gasteiger partial charge in [0.2, 0.25) is 11.9 Å². The van der Waals surface area contributed by atoms with E-state index in [1.807, 2.05) is 0 Å². The summed E-state index contributed by atoms with van der Waals surface area (Å²) >= 11 is 0. The van der Waals surface area contributed by atoms with Crippen LogP contribution < -0.4 is 15.5 Å². The van der Waals surface area contributed by atoms with Gasteiger partial charge in [0, 0.05) is 30.9 Å². The summed E-state index contributed by atoms with van der Waals surface area (Å²) in [6.45, 7) is 2.16. The van der Waals surface area contributed by atoms with Crippen LogP contribution in [0.2, 0.25) is 0 Å². The Morgan fingerprint density at radius 2 is 1.88 bits per heavy atom. The number of amides is 1. The van der Waals surface area contributed by atoms with Crippen molar-refractivity contribution in [2.75, 3.05) is 55.1 Å². The molecule has 3 saturated heterocycles. The highest BCUT2D eigenvalue weighted by Crippen LogP contribution is 2.38. The van der Waals surface area contributed by atoms with Crippen molar-refractivity contribution in [3.05, 3.63) is 18.0 Å². The van der Waals surface area contributed by atoms with Crippen LogP contribution in [-0.4, -0.2) is 77.7 Å². The zero-order valence-electron chi connectivity index (χ0n) is 16.6. The monoisotopic (exact) mass is 453 g/mol. The van der Waals surface area contributed by atoms with Crippen molar-refractivity contribution >= 4 is 23.8 Å². The molecule has 0 saturated carbocycles. The highest BCUT2D eigenvalue weighted by Gasteiger charge is 2.47. The number of nitrogens with two attached hydrogens (primary N) is 1. The largest absolute Gasteiger partial charge is 0.441 e. The molecular weight excluding hydrogens is 435 g/mol. The number of rotatable bonds is 3. The third kappa shape index (κ3) is 3.64. The van der Waals surface area contributed by atoms with Crippen molar-refractivity contribution in [2.45, 2.75) is 18.3 Å². The molecule has 0 bridgehead atoms. The quantitative estimate of drug-likeness (QED) is 0.721. The van der Waals surface area contributed by atoms with E-state index >= 15 is 0 Å². The molecule has 5 rings (SSSR count). The first-order valence-corrected chi connectivity index (χ1v) is 9.81. The molecule has 0 aliphatic carbocycles. The van der Waals surface area contributed by atoms with Crippen LogP contribution in [0.15, 0.2) is 12.3 Å². The number of hydrogen-bond donors (Lipinski definition) is 1. The summed E-state index contributed by atoms with van der Waals surface area (Å²) in [5.41, 5.74) is 3.69. The lowest BCUT2D eigenvalue weighted by Crippen LogP contribution is -2.39. The van der Waals surface area contributed by atoms with Crippen LogP contribution in [0, 0.1) is 0 Å². The fourth-order valence-corrected chi connectivity index (χ4v) is 3.85. The SMILES string of the molecule is Nc1ncc(-c2cc(N3C(=O)O[C@H]4COC[C@H]43)nc(N3CCOCC3)n2)c(C(F)(F)F)n1. The molecule has 0 radical (unpaired) electrons. The summed E-state index contributed by atoms with van der Waals surface area (Å²) in [6.07, 6.45) is -4.96. The van der Waals surface area contributed by atoms with Gasteiger partial charge in [-0.15, -0.1) is 0 Å². The van der Waals surface area contributed by atoms with Crippen LogP contribution in [0.25, 0.3) is 11.3 Å². The highest BCUT2D eigenvalue weighted by molar-refractivity contribution is 5.90. The Kier molecular flexibility index (Phi) is 4.97.